The van der Waals surface area contributed by atoms with Gasteiger partial charge in [-0.1, -0.05) is 23.5 Å². The minimum atomic E-state index is 0.923. The fraction of sp³-hybridized carbons (Fsp3) is 0.133. The Hall–Kier alpha value is -1.39. The molecule has 0 aliphatic heterocycles. The van der Waals surface area contributed by atoms with Gasteiger partial charge in [0.25, 0.3) is 0 Å². The van der Waals surface area contributed by atoms with Crippen molar-refractivity contribution in [1.29, 1.82) is 0 Å². The Morgan fingerprint density at radius 3 is 2.63 bits per heavy atom. The molecule has 0 unspecified atom stereocenters. The Morgan fingerprint density at radius 1 is 1.05 bits per heavy atom. The lowest BCUT2D eigenvalue weighted by atomic mass is 10.2. The van der Waals surface area contributed by atoms with Gasteiger partial charge in [-0.25, -0.2) is 4.98 Å². The molecule has 96 valence electrons. The Labute approximate surface area is 124 Å². The third-order valence-corrected chi connectivity index (χ3v) is 4.55. The predicted molar refractivity (Wildman–Crippen MR) is 86.5 cm³/mol. The van der Waals surface area contributed by atoms with E-state index in [2.05, 4.69) is 76.5 Å². The van der Waals surface area contributed by atoms with Crippen LogP contribution in [0.15, 0.2) is 40.9 Å². The molecule has 4 heteroatoms. The van der Waals surface area contributed by atoms with E-state index in [1.54, 1.807) is 11.3 Å². The van der Waals surface area contributed by atoms with E-state index in [0.29, 0.717) is 0 Å². The smallest absolute Gasteiger partial charge is 0.188 e. The lowest BCUT2D eigenvalue weighted by molar-refractivity contribution is 1.39. The molecule has 0 bridgehead atoms. The third-order valence-electron chi connectivity index (χ3n) is 2.91. The maximum absolute atomic E-state index is 4.63. The maximum Gasteiger partial charge on any atom is 0.188 e. The molecule has 2 aromatic carbocycles. The molecule has 0 aliphatic carbocycles. The SMILES string of the molecule is Cc1ccc(Br)c(Nc2nc3cc(C)ccc3s2)c1. The molecule has 1 heterocycles. The topological polar surface area (TPSA) is 24.9 Å². The minimum absolute atomic E-state index is 0.923. The average molecular weight is 333 g/mol. The molecule has 0 saturated carbocycles. The molecule has 0 radical (unpaired) electrons. The highest BCUT2D eigenvalue weighted by molar-refractivity contribution is 9.10. The van der Waals surface area contributed by atoms with Crippen molar-refractivity contribution >= 4 is 48.3 Å². The number of aromatic nitrogens is 1. The van der Waals surface area contributed by atoms with Gasteiger partial charge in [0.1, 0.15) is 0 Å². The van der Waals surface area contributed by atoms with Crippen LogP contribution in [0.25, 0.3) is 10.2 Å². The van der Waals surface area contributed by atoms with E-state index in [9.17, 15) is 0 Å². The quantitative estimate of drug-likeness (QED) is 0.677. The minimum Gasteiger partial charge on any atom is -0.331 e. The number of benzene rings is 2. The summed E-state index contributed by atoms with van der Waals surface area (Å²) in [7, 11) is 0. The number of hydrogen-bond acceptors (Lipinski definition) is 3. The van der Waals surface area contributed by atoms with Gasteiger partial charge in [0.2, 0.25) is 0 Å². The van der Waals surface area contributed by atoms with Crippen LogP contribution in [0.3, 0.4) is 0 Å². The van der Waals surface area contributed by atoms with Crippen molar-refractivity contribution in [2.45, 2.75) is 13.8 Å². The van der Waals surface area contributed by atoms with Gasteiger partial charge < -0.3 is 5.32 Å². The molecule has 3 aromatic rings. The molecule has 1 N–H and O–H groups in total. The lowest BCUT2D eigenvalue weighted by Gasteiger charge is -2.06. The molecule has 0 atom stereocenters. The summed E-state index contributed by atoms with van der Waals surface area (Å²) in [5, 5.41) is 4.31. The average Bonchev–Trinajstić information content (AvgIpc) is 2.75. The van der Waals surface area contributed by atoms with Crippen LogP contribution in [0.2, 0.25) is 0 Å². The second kappa shape index (κ2) is 4.94. The van der Waals surface area contributed by atoms with E-state index in [4.69, 9.17) is 0 Å². The van der Waals surface area contributed by atoms with Crippen molar-refractivity contribution in [3.63, 3.8) is 0 Å². The summed E-state index contributed by atoms with van der Waals surface area (Å²) in [5.41, 5.74) is 4.57. The van der Waals surface area contributed by atoms with Crippen molar-refractivity contribution in [2.24, 2.45) is 0 Å². The largest absolute Gasteiger partial charge is 0.331 e. The van der Waals surface area contributed by atoms with E-state index in [0.717, 1.165) is 20.8 Å². The molecule has 1 aromatic heterocycles. The second-order valence-electron chi connectivity index (χ2n) is 4.60. The summed E-state index contributed by atoms with van der Waals surface area (Å²) in [6, 6.07) is 12.6. The Bertz CT molecular complexity index is 749. The monoisotopic (exact) mass is 332 g/mol. The van der Waals surface area contributed by atoms with Gasteiger partial charge >= 0.3 is 0 Å². The summed E-state index contributed by atoms with van der Waals surface area (Å²) in [6.07, 6.45) is 0. The van der Waals surface area contributed by atoms with E-state index >= 15 is 0 Å². The van der Waals surface area contributed by atoms with Crippen LogP contribution in [0.4, 0.5) is 10.8 Å². The summed E-state index contributed by atoms with van der Waals surface area (Å²) >= 11 is 5.23. The molecule has 0 aliphatic rings. The Balaban J connectivity index is 1.98. The number of nitrogens with one attached hydrogen (secondary N) is 1. The zero-order chi connectivity index (χ0) is 13.4. The van der Waals surface area contributed by atoms with E-state index in [1.807, 2.05) is 0 Å². The van der Waals surface area contributed by atoms with Gasteiger partial charge in [-0.2, -0.15) is 0 Å². The molecular weight excluding hydrogens is 320 g/mol. The van der Waals surface area contributed by atoms with Crippen LogP contribution < -0.4 is 5.32 Å². The number of thiazole rings is 1. The first-order chi connectivity index (χ1) is 9.11. The second-order valence-corrected chi connectivity index (χ2v) is 6.48. The van der Waals surface area contributed by atoms with Crippen molar-refractivity contribution in [2.75, 3.05) is 5.32 Å². The fourth-order valence-electron chi connectivity index (χ4n) is 1.94. The van der Waals surface area contributed by atoms with Crippen LogP contribution in [0, 0.1) is 13.8 Å². The van der Waals surface area contributed by atoms with Crippen LogP contribution in [0.5, 0.6) is 0 Å². The number of aryl methyl sites for hydroxylation is 2. The molecule has 0 spiro atoms. The first-order valence-electron chi connectivity index (χ1n) is 6.02. The summed E-state index contributed by atoms with van der Waals surface area (Å²) in [4.78, 5) is 4.63. The Kier molecular flexibility index (Phi) is 3.29. The van der Waals surface area contributed by atoms with E-state index in [-0.39, 0.29) is 0 Å². The molecular formula is C15H13BrN2S. The van der Waals surface area contributed by atoms with Crippen molar-refractivity contribution in [3.8, 4) is 0 Å². The van der Waals surface area contributed by atoms with Crippen LogP contribution in [-0.2, 0) is 0 Å². The number of anilines is 2. The summed E-state index contributed by atoms with van der Waals surface area (Å²) in [6.45, 7) is 4.17. The van der Waals surface area contributed by atoms with Gasteiger partial charge in [0.15, 0.2) is 5.13 Å². The lowest BCUT2D eigenvalue weighted by Crippen LogP contribution is -1.91. The predicted octanol–water partition coefficient (Wildman–Crippen LogP) is 5.42. The van der Waals surface area contributed by atoms with Crippen LogP contribution in [-0.4, -0.2) is 4.98 Å². The normalized spacial score (nSPS) is 10.9. The molecule has 0 fully saturated rings. The summed E-state index contributed by atoms with van der Waals surface area (Å²) in [5.74, 6) is 0. The number of halogens is 1. The highest BCUT2D eigenvalue weighted by Crippen LogP contribution is 2.32. The molecule has 0 amide bonds. The standard InChI is InChI=1S/C15H13BrN2S/c1-9-3-5-11(16)12(7-9)17-15-18-13-8-10(2)4-6-14(13)19-15/h3-8H,1-2H3,(H,17,18). The molecule has 3 rings (SSSR count). The highest BCUT2D eigenvalue weighted by atomic mass is 79.9. The van der Waals surface area contributed by atoms with Crippen molar-refractivity contribution < 1.29 is 0 Å². The number of rotatable bonds is 2. The first-order valence-corrected chi connectivity index (χ1v) is 7.63. The number of fused-ring (bicyclic) bond motifs is 1. The van der Waals surface area contributed by atoms with Crippen LogP contribution >= 0.6 is 27.3 Å². The van der Waals surface area contributed by atoms with Crippen LogP contribution in [0.1, 0.15) is 11.1 Å². The van der Waals surface area contributed by atoms with Crippen molar-refractivity contribution in [3.05, 3.63) is 52.0 Å². The third kappa shape index (κ3) is 2.65. The first kappa shape index (κ1) is 12.6. The van der Waals surface area contributed by atoms with Gasteiger partial charge in [0.05, 0.1) is 15.9 Å². The zero-order valence-electron chi connectivity index (χ0n) is 10.7. The van der Waals surface area contributed by atoms with Crippen molar-refractivity contribution in [1.82, 2.24) is 4.98 Å². The van der Waals surface area contributed by atoms with E-state index < -0.39 is 0 Å². The zero-order valence-corrected chi connectivity index (χ0v) is 13.1. The molecule has 19 heavy (non-hydrogen) atoms. The number of nitrogens with zero attached hydrogens (tertiary/aromatic N) is 1. The molecule has 2 nitrogen and oxygen atoms in total. The van der Waals surface area contributed by atoms with Gasteiger partial charge in [-0.05, 0) is 65.2 Å². The highest BCUT2D eigenvalue weighted by Gasteiger charge is 2.06. The fourth-order valence-corrected chi connectivity index (χ4v) is 3.15. The van der Waals surface area contributed by atoms with Gasteiger partial charge in [-0.15, -0.1) is 0 Å². The van der Waals surface area contributed by atoms with E-state index in [1.165, 1.54) is 15.8 Å². The van der Waals surface area contributed by atoms with Gasteiger partial charge in [0, 0.05) is 4.47 Å². The van der Waals surface area contributed by atoms with Gasteiger partial charge in [-0.3, -0.25) is 0 Å². The molecule has 0 saturated heterocycles. The summed E-state index contributed by atoms with van der Waals surface area (Å²) < 4.78 is 2.26. The Morgan fingerprint density at radius 2 is 1.79 bits per heavy atom. The number of hydrogen-bond donors (Lipinski definition) is 1. The maximum atomic E-state index is 4.63.